The molecule has 0 saturated heterocycles. The maximum absolute atomic E-state index is 10.9. The van der Waals surface area contributed by atoms with Gasteiger partial charge >= 0.3 is 0 Å². The molecule has 0 aliphatic heterocycles. The summed E-state index contributed by atoms with van der Waals surface area (Å²) in [7, 11) is 0. The van der Waals surface area contributed by atoms with Gasteiger partial charge in [0.05, 0.1) is 6.54 Å². The second kappa shape index (κ2) is 10.5. The molecule has 1 fully saturated rings. The van der Waals surface area contributed by atoms with E-state index in [1.54, 1.807) is 0 Å². The molecule has 0 atom stereocenters. The normalized spacial score (nSPS) is 15.7. The Bertz CT molecular complexity index is 529. The number of hydrogen-bond donors (Lipinski definition) is 3. The molecular formula is C18H29IN4O. The van der Waals surface area contributed by atoms with Crippen LogP contribution in [0.2, 0.25) is 0 Å². The van der Waals surface area contributed by atoms with Gasteiger partial charge in [-0.15, -0.1) is 24.0 Å². The van der Waals surface area contributed by atoms with E-state index >= 15 is 0 Å². The van der Waals surface area contributed by atoms with Crippen LogP contribution in [0.25, 0.3) is 0 Å². The zero-order valence-electron chi connectivity index (χ0n) is 14.6. The lowest BCUT2D eigenvalue weighted by Gasteiger charge is -2.41. The van der Waals surface area contributed by atoms with E-state index in [0.29, 0.717) is 13.1 Å². The first-order valence-electron chi connectivity index (χ1n) is 8.48. The number of aliphatic imine (C=N–C) groups is 1. The fourth-order valence-corrected chi connectivity index (χ4v) is 2.92. The molecule has 134 valence electrons. The second-order valence-electron chi connectivity index (χ2n) is 6.10. The molecule has 0 radical (unpaired) electrons. The molecule has 1 aromatic carbocycles. The highest BCUT2D eigenvalue weighted by Crippen LogP contribution is 2.43. The van der Waals surface area contributed by atoms with Crippen LogP contribution in [0, 0.1) is 0 Å². The maximum atomic E-state index is 10.9. The van der Waals surface area contributed by atoms with Crippen LogP contribution in [0.15, 0.2) is 35.3 Å². The molecule has 2 rings (SSSR count). The summed E-state index contributed by atoms with van der Waals surface area (Å²) in [5.74, 6) is 0.811. The van der Waals surface area contributed by atoms with Gasteiger partial charge in [0.25, 0.3) is 0 Å². The molecule has 0 aromatic heterocycles. The van der Waals surface area contributed by atoms with Crippen LogP contribution >= 0.6 is 24.0 Å². The second-order valence-corrected chi connectivity index (χ2v) is 6.10. The molecule has 1 saturated carbocycles. The highest BCUT2D eigenvalue weighted by molar-refractivity contribution is 14.0. The summed E-state index contributed by atoms with van der Waals surface area (Å²) in [4.78, 5) is 15.7. The average Bonchev–Trinajstić information content (AvgIpc) is 2.51. The van der Waals surface area contributed by atoms with Crippen LogP contribution in [0.3, 0.4) is 0 Å². The Morgan fingerprint density at radius 3 is 2.33 bits per heavy atom. The van der Waals surface area contributed by atoms with Crippen molar-refractivity contribution >= 4 is 35.8 Å². The number of nitrogens with one attached hydrogen (secondary N) is 3. The minimum absolute atomic E-state index is 0. The number of guanidine groups is 1. The van der Waals surface area contributed by atoms with E-state index in [2.05, 4.69) is 53.2 Å². The molecule has 1 aromatic rings. The fourth-order valence-electron chi connectivity index (χ4n) is 2.92. The summed E-state index contributed by atoms with van der Waals surface area (Å²) in [6.07, 6.45) is 3.68. The first-order valence-corrected chi connectivity index (χ1v) is 8.48. The Morgan fingerprint density at radius 1 is 1.12 bits per heavy atom. The monoisotopic (exact) mass is 444 g/mol. The lowest BCUT2D eigenvalue weighted by atomic mass is 9.64. The number of benzene rings is 1. The molecule has 1 amide bonds. The van der Waals surface area contributed by atoms with Gasteiger partial charge in [-0.3, -0.25) is 9.79 Å². The third-order valence-corrected chi connectivity index (χ3v) is 4.37. The first-order chi connectivity index (χ1) is 11.2. The van der Waals surface area contributed by atoms with E-state index in [-0.39, 0.29) is 35.3 Å². The molecular weight excluding hydrogens is 415 g/mol. The smallest absolute Gasteiger partial charge is 0.216 e. The third kappa shape index (κ3) is 5.96. The van der Waals surface area contributed by atoms with Crippen molar-refractivity contribution in [3.63, 3.8) is 0 Å². The van der Waals surface area contributed by atoms with E-state index < -0.39 is 0 Å². The predicted molar refractivity (Wildman–Crippen MR) is 110 cm³/mol. The van der Waals surface area contributed by atoms with E-state index in [1.807, 2.05) is 0 Å². The van der Waals surface area contributed by atoms with Crippen LogP contribution in [0.5, 0.6) is 0 Å². The summed E-state index contributed by atoms with van der Waals surface area (Å²) in [6.45, 7) is 6.48. The largest absolute Gasteiger partial charge is 0.357 e. The van der Waals surface area contributed by atoms with Gasteiger partial charge in [0.1, 0.15) is 0 Å². The Labute approximate surface area is 162 Å². The molecule has 24 heavy (non-hydrogen) atoms. The quantitative estimate of drug-likeness (QED) is 0.262. The SMILES string of the molecule is CCNC(=NCC1(c2ccccc2)CCC1)NCCNC(C)=O.I. The highest BCUT2D eigenvalue weighted by atomic mass is 127. The number of halogens is 1. The maximum Gasteiger partial charge on any atom is 0.216 e. The van der Waals surface area contributed by atoms with Gasteiger partial charge in [0, 0.05) is 32.0 Å². The summed E-state index contributed by atoms with van der Waals surface area (Å²) in [6, 6.07) is 10.7. The van der Waals surface area contributed by atoms with Crippen molar-refractivity contribution in [3.8, 4) is 0 Å². The molecule has 5 nitrogen and oxygen atoms in total. The van der Waals surface area contributed by atoms with E-state index in [4.69, 9.17) is 4.99 Å². The van der Waals surface area contributed by atoms with Crippen molar-refractivity contribution in [3.05, 3.63) is 35.9 Å². The van der Waals surface area contributed by atoms with Gasteiger partial charge in [-0.25, -0.2) is 0 Å². The van der Waals surface area contributed by atoms with E-state index in [9.17, 15) is 4.79 Å². The minimum Gasteiger partial charge on any atom is -0.357 e. The van der Waals surface area contributed by atoms with Crippen molar-refractivity contribution in [2.75, 3.05) is 26.2 Å². The Hall–Kier alpha value is -1.31. The van der Waals surface area contributed by atoms with E-state index in [1.165, 1.54) is 31.7 Å². The van der Waals surface area contributed by atoms with Crippen LogP contribution in [0.4, 0.5) is 0 Å². The van der Waals surface area contributed by atoms with E-state index in [0.717, 1.165) is 19.0 Å². The van der Waals surface area contributed by atoms with Gasteiger partial charge in [-0.2, -0.15) is 0 Å². The number of carbonyl (C=O) groups is 1. The summed E-state index contributed by atoms with van der Waals surface area (Å²) in [5, 5.41) is 9.32. The third-order valence-electron chi connectivity index (χ3n) is 4.37. The first kappa shape index (κ1) is 20.7. The Kier molecular flexibility index (Phi) is 9.10. The molecule has 3 N–H and O–H groups in total. The molecule has 1 aliphatic carbocycles. The van der Waals surface area contributed by atoms with Crippen molar-refractivity contribution in [2.24, 2.45) is 4.99 Å². The molecule has 0 heterocycles. The Morgan fingerprint density at radius 2 is 1.79 bits per heavy atom. The van der Waals surface area contributed by atoms with Crippen molar-refractivity contribution in [1.82, 2.24) is 16.0 Å². The molecule has 0 spiro atoms. The van der Waals surface area contributed by atoms with Crippen LogP contribution in [-0.2, 0) is 10.2 Å². The molecule has 6 heteroatoms. The van der Waals surface area contributed by atoms with Gasteiger partial charge in [-0.1, -0.05) is 36.8 Å². The fraction of sp³-hybridized carbons (Fsp3) is 0.556. The summed E-state index contributed by atoms with van der Waals surface area (Å²) < 4.78 is 0. The van der Waals surface area contributed by atoms with Gasteiger partial charge in [0.15, 0.2) is 5.96 Å². The van der Waals surface area contributed by atoms with Crippen LogP contribution < -0.4 is 16.0 Å². The zero-order chi connectivity index (χ0) is 16.5. The highest BCUT2D eigenvalue weighted by Gasteiger charge is 2.38. The number of carbonyl (C=O) groups excluding carboxylic acids is 1. The average molecular weight is 444 g/mol. The van der Waals surface area contributed by atoms with Gasteiger partial charge in [0.2, 0.25) is 5.91 Å². The number of amides is 1. The number of rotatable bonds is 7. The van der Waals surface area contributed by atoms with Gasteiger partial charge < -0.3 is 16.0 Å². The van der Waals surface area contributed by atoms with Crippen LogP contribution in [0.1, 0.15) is 38.7 Å². The molecule has 0 unspecified atom stereocenters. The molecule has 1 aliphatic rings. The van der Waals surface area contributed by atoms with Crippen molar-refractivity contribution in [2.45, 2.75) is 38.5 Å². The molecule has 0 bridgehead atoms. The minimum atomic E-state index is -0.00811. The summed E-state index contributed by atoms with van der Waals surface area (Å²) in [5.41, 5.74) is 1.59. The lowest BCUT2D eigenvalue weighted by molar-refractivity contribution is -0.118. The van der Waals surface area contributed by atoms with Gasteiger partial charge in [-0.05, 0) is 25.3 Å². The zero-order valence-corrected chi connectivity index (χ0v) is 16.9. The van der Waals surface area contributed by atoms with Crippen LogP contribution in [-0.4, -0.2) is 38.0 Å². The predicted octanol–water partition coefficient (Wildman–Crippen LogP) is 2.42. The Balaban J connectivity index is 0.00000288. The summed E-state index contributed by atoms with van der Waals surface area (Å²) >= 11 is 0. The topological polar surface area (TPSA) is 65.5 Å². The number of hydrogen-bond acceptors (Lipinski definition) is 2. The van der Waals surface area contributed by atoms with Crippen molar-refractivity contribution in [1.29, 1.82) is 0 Å². The standard InChI is InChI=1S/C18H28N4O.HI/c1-3-19-17(21-13-12-20-15(2)23)22-14-18(10-7-11-18)16-8-5-4-6-9-16;/h4-6,8-9H,3,7,10-14H2,1-2H3,(H,20,23)(H2,19,21,22);1H. The van der Waals surface area contributed by atoms with Crippen molar-refractivity contribution < 1.29 is 4.79 Å². The number of nitrogens with zero attached hydrogens (tertiary/aromatic N) is 1. The lowest BCUT2D eigenvalue weighted by Crippen LogP contribution is -2.43.